The molecule has 4 rings (SSSR count). The minimum Gasteiger partial charge on any atom is -0.340 e. The number of sulfonamides is 1. The molecule has 0 saturated carbocycles. The van der Waals surface area contributed by atoms with Gasteiger partial charge in [0.05, 0.1) is 28.4 Å². The van der Waals surface area contributed by atoms with E-state index in [1.54, 1.807) is 15.8 Å². The predicted molar refractivity (Wildman–Crippen MR) is 118 cm³/mol. The monoisotopic (exact) mass is 449 g/mol. The molecule has 0 spiro atoms. The van der Waals surface area contributed by atoms with Crippen LogP contribution in [0.1, 0.15) is 17.5 Å². The van der Waals surface area contributed by atoms with E-state index >= 15 is 0 Å². The maximum Gasteiger partial charge on any atom is 0.243 e. The molecule has 2 heterocycles. The van der Waals surface area contributed by atoms with Gasteiger partial charge >= 0.3 is 0 Å². The Kier molecular flexibility index (Phi) is 6.35. The molecule has 1 amide bonds. The Morgan fingerprint density at radius 2 is 1.69 bits per heavy atom. The van der Waals surface area contributed by atoms with Crippen molar-refractivity contribution in [3.63, 3.8) is 0 Å². The van der Waals surface area contributed by atoms with E-state index in [4.69, 9.17) is 5.26 Å². The number of aryl methyl sites for hydroxylation is 1. The van der Waals surface area contributed by atoms with Crippen LogP contribution in [0, 0.1) is 11.3 Å². The van der Waals surface area contributed by atoms with Crippen LogP contribution < -0.4 is 0 Å². The van der Waals surface area contributed by atoms with E-state index in [9.17, 15) is 13.2 Å². The minimum atomic E-state index is -3.64. The topological polar surface area (TPSA) is 99.3 Å². The van der Waals surface area contributed by atoms with E-state index in [2.05, 4.69) is 5.10 Å². The Bertz CT molecular complexity index is 1220. The summed E-state index contributed by atoms with van der Waals surface area (Å²) in [5, 5.41) is 13.2. The fraction of sp³-hybridized carbons (Fsp3) is 0.261. The lowest BCUT2D eigenvalue weighted by atomic mass is 10.2. The number of benzene rings is 2. The molecule has 0 atom stereocenters. The third kappa shape index (κ3) is 4.72. The number of rotatable bonds is 6. The lowest BCUT2D eigenvalue weighted by Gasteiger charge is -2.34. The van der Waals surface area contributed by atoms with E-state index in [0.29, 0.717) is 31.5 Å². The first-order valence-electron chi connectivity index (χ1n) is 10.3. The fourth-order valence-corrected chi connectivity index (χ4v) is 5.07. The van der Waals surface area contributed by atoms with Crippen molar-refractivity contribution in [3.05, 3.63) is 78.1 Å². The van der Waals surface area contributed by atoms with Crippen molar-refractivity contribution in [1.29, 1.82) is 5.26 Å². The summed E-state index contributed by atoms with van der Waals surface area (Å²) >= 11 is 0. The maximum atomic E-state index is 12.8. The fourth-order valence-electron chi connectivity index (χ4n) is 3.65. The second-order valence-electron chi connectivity index (χ2n) is 7.55. The largest absolute Gasteiger partial charge is 0.340 e. The highest BCUT2D eigenvalue weighted by atomic mass is 32.2. The lowest BCUT2D eigenvalue weighted by molar-refractivity contribution is -0.132. The normalized spacial score (nSPS) is 14.8. The zero-order chi connectivity index (χ0) is 22.6. The van der Waals surface area contributed by atoms with Gasteiger partial charge in [-0.3, -0.25) is 4.79 Å². The summed E-state index contributed by atoms with van der Waals surface area (Å²) in [6.45, 7) is 1.22. The Labute approximate surface area is 187 Å². The molecular formula is C23H23N5O3S. The van der Waals surface area contributed by atoms with Crippen molar-refractivity contribution < 1.29 is 13.2 Å². The van der Waals surface area contributed by atoms with Crippen molar-refractivity contribution in [2.75, 3.05) is 26.2 Å². The zero-order valence-corrected chi connectivity index (χ0v) is 18.3. The van der Waals surface area contributed by atoms with Gasteiger partial charge < -0.3 is 4.90 Å². The summed E-state index contributed by atoms with van der Waals surface area (Å²) in [5.41, 5.74) is 2.35. The number of nitrogens with zero attached hydrogens (tertiary/aromatic N) is 5. The van der Waals surface area contributed by atoms with Crippen molar-refractivity contribution in [2.45, 2.75) is 17.7 Å². The van der Waals surface area contributed by atoms with E-state index in [0.717, 1.165) is 11.3 Å². The maximum absolute atomic E-state index is 12.8. The number of hydrogen-bond acceptors (Lipinski definition) is 5. The summed E-state index contributed by atoms with van der Waals surface area (Å²) < 4.78 is 28.8. The van der Waals surface area contributed by atoms with Gasteiger partial charge in [-0.2, -0.15) is 14.7 Å². The zero-order valence-electron chi connectivity index (χ0n) is 17.5. The van der Waals surface area contributed by atoms with E-state index in [-0.39, 0.29) is 23.9 Å². The van der Waals surface area contributed by atoms with Gasteiger partial charge in [0.25, 0.3) is 0 Å². The Hall–Kier alpha value is -3.48. The van der Waals surface area contributed by atoms with Crippen LogP contribution in [0.3, 0.4) is 0 Å². The van der Waals surface area contributed by atoms with Crippen LogP contribution in [0.2, 0.25) is 0 Å². The van der Waals surface area contributed by atoms with E-state index in [1.807, 2.05) is 42.6 Å². The first kappa shape index (κ1) is 21.7. The SMILES string of the molecule is N#Cc1ccc(S(=O)(=O)N2CCN(C(=O)CCc3cnn(-c4ccccc4)c3)CC2)cc1. The highest BCUT2D eigenvalue weighted by molar-refractivity contribution is 7.89. The molecule has 0 bridgehead atoms. The Morgan fingerprint density at radius 3 is 2.34 bits per heavy atom. The molecule has 1 aliphatic heterocycles. The first-order valence-corrected chi connectivity index (χ1v) is 11.8. The standard InChI is InChI=1S/C23H23N5O3S/c24-16-19-6-9-22(10-7-19)32(30,31)27-14-12-26(13-15-27)23(29)11-8-20-17-25-28(18-20)21-4-2-1-3-5-21/h1-7,9-10,17-18H,8,11-15H2. The van der Waals surface area contributed by atoms with Gasteiger partial charge in [-0.05, 0) is 48.4 Å². The number of aromatic nitrogens is 2. The number of amides is 1. The van der Waals surface area contributed by atoms with Crippen molar-refractivity contribution >= 4 is 15.9 Å². The van der Waals surface area contributed by atoms with E-state index in [1.165, 1.54) is 28.6 Å². The molecule has 1 aromatic heterocycles. The van der Waals surface area contributed by atoms with Crippen LogP contribution in [-0.4, -0.2) is 59.5 Å². The van der Waals surface area contributed by atoms with Crippen molar-refractivity contribution in [3.8, 4) is 11.8 Å². The second kappa shape index (κ2) is 9.34. The van der Waals surface area contributed by atoms with Gasteiger partial charge in [0.1, 0.15) is 0 Å². The summed E-state index contributed by atoms with van der Waals surface area (Å²) in [7, 11) is -3.64. The van der Waals surface area contributed by atoms with Gasteiger partial charge in [-0.1, -0.05) is 18.2 Å². The molecule has 164 valence electrons. The van der Waals surface area contributed by atoms with E-state index < -0.39 is 10.0 Å². The number of piperazine rings is 1. The van der Waals surface area contributed by atoms with Crippen LogP contribution in [0.5, 0.6) is 0 Å². The molecular weight excluding hydrogens is 426 g/mol. The van der Waals surface area contributed by atoms with Crippen molar-refractivity contribution in [1.82, 2.24) is 19.0 Å². The molecule has 0 aliphatic carbocycles. The molecule has 8 nitrogen and oxygen atoms in total. The molecule has 3 aromatic rings. The van der Waals surface area contributed by atoms with Crippen LogP contribution in [-0.2, 0) is 21.2 Å². The molecule has 1 aliphatic rings. The summed E-state index contributed by atoms with van der Waals surface area (Å²) in [5.74, 6) is 0.00730. The van der Waals surface area contributed by atoms with Crippen LogP contribution >= 0.6 is 0 Å². The molecule has 0 radical (unpaired) electrons. The van der Waals surface area contributed by atoms with Gasteiger partial charge in [0.15, 0.2) is 0 Å². The van der Waals surface area contributed by atoms with Gasteiger partial charge in [-0.25, -0.2) is 13.1 Å². The summed E-state index contributed by atoms with van der Waals surface area (Å²) in [6, 6.07) is 17.6. The first-order chi connectivity index (χ1) is 15.5. The smallest absolute Gasteiger partial charge is 0.243 e. The quantitative estimate of drug-likeness (QED) is 0.575. The molecule has 1 saturated heterocycles. The average molecular weight is 450 g/mol. The number of para-hydroxylation sites is 1. The number of carbonyl (C=O) groups is 1. The molecule has 0 N–H and O–H groups in total. The minimum absolute atomic E-state index is 0.00730. The molecule has 1 fully saturated rings. The lowest BCUT2D eigenvalue weighted by Crippen LogP contribution is -2.50. The Balaban J connectivity index is 1.30. The number of carbonyl (C=O) groups excluding carboxylic acids is 1. The van der Waals surface area contributed by atoms with Crippen LogP contribution in [0.25, 0.3) is 5.69 Å². The number of nitriles is 1. The van der Waals surface area contributed by atoms with Gasteiger partial charge in [0.2, 0.25) is 15.9 Å². The van der Waals surface area contributed by atoms with Gasteiger partial charge in [-0.15, -0.1) is 0 Å². The third-order valence-electron chi connectivity index (χ3n) is 5.50. The highest BCUT2D eigenvalue weighted by Gasteiger charge is 2.30. The number of hydrogen-bond donors (Lipinski definition) is 0. The van der Waals surface area contributed by atoms with Crippen molar-refractivity contribution in [2.24, 2.45) is 0 Å². The molecule has 32 heavy (non-hydrogen) atoms. The van der Waals surface area contributed by atoms with Crippen LogP contribution in [0.15, 0.2) is 71.9 Å². The average Bonchev–Trinajstić information content (AvgIpc) is 3.32. The Morgan fingerprint density at radius 1 is 1.00 bits per heavy atom. The molecule has 0 unspecified atom stereocenters. The summed E-state index contributed by atoms with van der Waals surface area (Å²) in [4.78, 5) is 14.5. The second-order valence-corrected chi connectivity index (χ2v) is 9.49. The highest BCUT2D eigenvalue weighted by Crippen LogP contribution is 2.19. The summed E-state index contributed by atoms with van der Waals surface area (Å²) in [6.07, 6.45) is 4.62. The third-order valence-corrected chi connectivity index (χ3v) is 7.41. The van der Waals surface area contributed by atoms with Gasteiger partial charge in [0, 0.05) is 38.8 Å². The predicted octanol–water partition coefficient (Wildman–Crippen LogP) is 2.21. The van der Waals surface area contributed by atoms with Crippen LogP contribution in [0.4, 0.5) is 0 Å². The molecule has 9 heteroatoms. The molecule has 2 aromatic carbocycles.